The van der Waals surface area contributed by atoms with Crippen LogP contribution in [0.25, 0.3) is 0 Å². The number of nitrogens with zero attached hydrogens (tertiary/aromatic N) is 2. The fourth-order valence-corrected chi connectivity index (χ4v) is 5.58. The molecule has 192 valence electrons. The molecule has 2 aromatic rings. The van der Waals surface area contributed by atoms with Crippen molar-refractivity contribution in [2.45, 2.75) is 55.0 Å². The van der Waals surface area contributed by atoms with Gasteiger partial charge < -0.3 is 10.2 Å². The van der Waals surface area contributed by atoms with Gasteiger partial charge in [0, 0.05) is 24.1 Å². The molecule has 0 radical (unpaired) electrons. The number of carbonyl (C=O) groups excluding carboxylic acids is 2. The van der Waals surface area contributed by atoms with Crippen LogP contribution in [-0.4, -0.2) is 48.5 Å². The van der Waals surface area contributed by atoms with Gasteiger partial charge in [-0.25, -0.2) is 17.8 Å². The highest BCUT2D eigenvalue weighted by Gasteiger charge is 2.56. The lowest BCUT2D eigenvalue weighted by molar-refractivity contribution is -0.140. The predicted octanol–water partition coefficient (Wildman–Crippen LogP) is 3.51. The number of hydrogen-bond acceptors (Lipinski definition) is 5. The van der Waals surface area contributed by atoms with Crippen molar-refractivity contribution in [3.63, 3.8) is 0 Å². The molecule has 1 aromatic carbocycles. The number of benzene rings is 1. The highest BCUT2D eigenvalue weighted by atomic mass is 32.2. The summed E-state index contributed by atoms with van der Waals surface area (Å²) in [5.74, 6) is -2.26. The number of fused-ring (bicyclic) bond motifs is 1. The van der Waals surface area contributed by atoms with E-state index >= 15 is 0 Å². The maximum Gasteiger partial charge on any atom is 0.419 e. The topological polar surface area (TPSA) is 96.4 Å². The number of rotatable bonds is 6. The average Bonchev–Trinajstić information content (AvgIpc) is 3.73. The van der Waals surface area contributed by atoms with E-state index in [0.717, 1.165) is 31.6 Å². The summed E-state index contributed by atoms with van der Waals surface area (Å²) in [5.41, 5.74) is -1.03. The van der Waals surface area contributed by atoms with Crippen molar-refractivity contribution < 1.29 is 35.6 Å². The molecule has 2 aliphatic carbocycles. The maximum atomic E-state index is 14.2. The van der Waals surface area contributed by atoms with Crippen molar-refractivity contribution in [2.75, 3.05) is 6.26 Å². The van der Waals surface area contributed by atoms with Crippen LogP contribution in [0.2, 0.25) is 0 Å². The van der Waals surface area contributed by atoms with E-state index in [2.05, 4.69) is 10.3 Å². The number of piperidine rings is 1. The molecule has 7 nitrogen and oxygen atoms in total. The lowest BCUT2D eigenvalue weighted by Gasteiger charge is -2.29. The predicted molar refractivity (Wildman–Crippen MR) is 119 cm³/mol. The molecule has 36 heavy (non-hydrogen) atoms. The summed E-state index contributed by atoms with van der Waals surface area (Å²) in [4.78, 5) is 31.9. The number of pyridine rings is 1. The average molecular weight is 526 g/mol. The molecule has 1 aromatic heterocycles. The zero-order valence-electron chi connectivity index (χ0n) is 19.1. The van der Waals surface area contributed by atoms with Crippen LogP contribution in [0.5, 0.6) is 0 Å². The molecule has 1 N–H and O–H groups in total. The Bertz CT molecular complexity index is 1340. The van der Waals surface area contributed by atoms with E-state index in [-0.39, 0.29) is 34.0 Å². The van der Waals surface area contributed by atoms with E-state index in [1.54, 1.807) is 0 Å². The molecule has 1 saturated heterocycles. The van der Waals surface area contributed by atoms with Crippen LogP contribution >= 0.6 is 0 Å². The second-order valence-electron chi connectivity index (χ2n) is 9.74. The number of amides is 2. The number of halogens is 4. The van der Waals surface area contributed by atoms with Gasteiger partial charge >= 0.3 is 6.18 Å². The molecule has 1 aliphatic heterocycles. The Hall–Kier alpha value is -3.02. The molecule has 2 amide bonds. The minimum atomic E-state index is -4.82. The monoisotopic (exact) mass is 525 g/mol. The number of hydrogen-bond donors (Lipinski definition) is 1. The van der Waals surface area contributed by atoms with Crippen molar-refractivity contribution in [1.29, 1.82) is 0 Å². The third-order valence-electron chi connectivity index (χ3n) is 7.05. The first-order valence-corrected chi connectivity index (χ1v) is 13.4. The van der Waals surface area contributed by atoms with Crippen LogP contribution in [-0.2, 0) is 20.8 Å². The van der Waals surface area contributed by atoms with Crippen molar-refractivity contribution in [3.05, 3.63) is 59.0 Å². The second-order valence-corrected chi connectivity index (χ2v) is 11.7. The minimum Gasteiger partial charge on any atom is -0.347 e. The summed E-state index contributed by atoms with van der Waals surface area (Å²) in [6.07, 6.45) is 0.00232. The van der Waals surface area contributed by atoms with Crippen molar-refractivity contribution in [3.8, 4) is 0 Å². The van der Waals surface area contributed by atoms with Crippen molar-refractivity contribution in [2.24, 2.45) is 11.8 Å². The Morgan fingerprint density at radius 2 is 1.86 bits per heavy atom. The SMILES string of the molecule is CS(=O)(=O)c1cc(C(=O)N2[C@@H](C(=O)N[C@@H](c3ccc(C(F)(F)F)c(F)c3)C3CC3)CC3C[C@H]32)ccn1. The molecule has 2 saturated carbocycles. The van der Waals surface area contributed by atoms with Crippen LogP contribution < -0.4 is 5.32 Å². The van der Waals surface area contributed by atoms with Gasteiger partial charge in [-0.15, -0.1) is 0 Å². The van der Waals surface area contributed by atoms with Gasteiger partial charge in [0.1, 0.15) is 11.9 Å². The summed E-state index contributed by atoms with van der Waals surface area (Å²) in [5, 5.41) is 2.60. The number of nitrogens with one attached hydrogen (secondary N) is 1. The standard InChI is InChI=1S/C24H23F4N3O4S/c1-36(34,35)20-11-14(6-7-29-20)23(33)31-18-9-15(18)10-19(31)22(32)30-21(12-2-3-12)13-4-5-16(17(25)8-13)24(26,27)28/h4-8,11-12,15,18-19,21H,2-3,9-10H2,1H3,(H,30,32)/t15?,18-,19-,21-/m1/s1. The quantitative estimate of drug-likeness (QED) is 0.583. The number of likely N-dealkylation sites (tertiary alicyclic amines) is 1. The summed E-state index contributed by atoms with van der Waals surface area (Å²) in [6.45, 7) is 0. The Labute approximate surface area is 204 Å². The molecule has 5 rings (SSSR count). The molecular formula is C24H23F4N3O4S. The third kappa shape index (κ3) is 4.70. The van der Waals surface area contributed by atoms with Gasteiger partial charge in [0.25, 0.3) is 5.91 Å². The first kappa shape index (κ1) is 24.7. The molecule has 0 bridgehead atoms. The summed E-state index contributed by atoms with van der Waals surface area (Å²) in [6, 6.07) is 3.58. The Kier molecular flexibility index (Phi) is 5.85. The lowest BCUT2D eigenvalue weighted by atomic mass is 9.99. The van der Waals surface area contributed by atoms with Gasteiger partial charge in [-0.1, -0.05) is 6.07 Å². The third-order valence-corrected chi connectivity index (χ3v) is 8.04. The molecule has 4 atom stereocenters. The lowest BCUT2D eigenvalue weighted by Crippen LogP contribution is -2.49. The number of sulfone groups is 1. The Balaban J connectivity index is 1.37. The van der Waals surface area contributed by atoms with Crippen LogP contribution in [0.4, 0.5) is 17.6 Å². The van der Waals surface area contributed by atoms with E-state index in [1.807, 2.05) is 0 Å². The van der Waals surface area contributed by atoms with Crippen molar-refractivity contribution >= 4 is 21.7 Å². The van der Waals surface area contributed by atoms with Gasteiger partial charge in [0.2, 0.25) is 5.91 Å². The van der Waals surface area contributed by atoms with Gasteiger partial charge in [0.05, 0.1) is 11.6 Å². The molecule has 0 spiro atoms. The summed E-state index contributed by atoms with van der Waals surface area (Å²) in [7, 11) is -3.64. The molecular weight excluding hydrogens is 502 g/mol. The number of carbonyl (C=O) groups is 2. The molecule has 3 fully saturated rings. The summed E-state index contributed by atoms with van der Waals surface area (Å²) >= 11 is 0. The van der Waals surface area contributed by atoms with Crippen molar-refractivity contribution in [1.82, 2.24) is 15.2 Å². The first-order chi connectivity index (χ1) is 16.8. The van der Waals surface area contributed by atoms with Gasteiger partial charge in [-0.05, 0) is 67.3 Å². The largest absolute Gasteiger partial charge is 0.419 e. The highest BCUT2D eigenvalue weighted by Crippen LogP contribution is 2.49. The van der Waals surface area contributed by atoms with E-state index in [4.69, 9.17) is 0 Å². The van der Waals surface area contributed by atoms with Crippen LogP contribution in [0.15, 0.2) is 41.6 Å². The summed E-state index contributed by atoms with van der Waals surface area (Å²) < 4.78 is 76.9. The van der Waals surface area contributed by atoms with Crippen LogP contribution in [0.3, 0.4) is 0 Å². The number of alkyl halides is 3. The normalized spacial score (nSPS) is 24.2. The highest BCUT2D eigenvalue weighted by molar-refractivity contribution is 7.90. The molecule has 2 heterocycles. The van der Waals surface area contributed by atoms with Crippen LogP contribution in [0.1, 0.15) is 53.2 Å². The Morgan fingerprint density at radius 3 is 2.47 bits per heavy atom. The smallest absolute Gasteiger partial charge is 0.347 e. The molecule has 3 aliphatic rings. The molecule has 12 heteroatoms. The zero-order chi connectivity index (χ0) is 26.0. The van der Waals surface area contributed by atoms with Gasteiger partial charge in [-0.2, -0.15) is 13.2 Å². The Morgan fingerprint density at radius 1 is 1.14 bits per heavy atom. The van der Waals surface area contributed by atoms with E-state index in [9.17, 15) is 35.6 Å². The maximum absolute atomic E-state index is 14.2. The fraction of sp³-hybridized carbons (Fsp3) is 0.458. The van der Waals surface area contributed by atoms with Gasteiger partial charge in [0.15, 0.2) is 14.9 Å². The first-order valence-electron chi connectivity index (χ1n) is 11.5. The zero-order valence-corrected chi connectivity index (χ0v) is 19.9. The molecule has 1 unspecified atom stereocenters. The van der Waals surface area contributed by atoms with E-state index < -0.39 is 51.3 Å². The van der Waals surface area contributed by atoms with Gasteiger partial charge in [-0.3, -0.25) is 9.59 Å². The van der Waals surface area contributed by atoms with E-state index in [0.29, 0.717) is 12.5 Å². The van der Waals surface area contributed by atoms with E-state index in [1.165, 1.54) is 29.3 Å². The van der Waals surface area contributed by atoms with Crippen LogP contribution in [0, 0.1) is 17.7 Å². The number of aromatic nitrogens is 1. The fourth-order valence-electron chi connectivity index (χ4n) is 4.98. The minimum absolute atomic E-state index is 0.0392. The second kappa shape index (κ2) is 8.53.